The Kier molecular flexibility index (Phi) is 6.79. The molecule has 0 spiro atoms. The fourth-order valence-electron chi connectivity index (χ4n) is 5.33. The highest BCUT2D eigenvalue weighted by atomic mass is 16.5. The summed E-state index contributed by atoms with van der Waals surface area (Å²) in [4.78, 5) is 45.8. The van der Waals surface area contributed by atoms with Crippen molar-refractivity contribution in [3.63, 3.8) is 0 Å². The van der Waals surface area contributed by atoms with E-state index in [9.17, 15) is 19.6 Å². The van der Waals surface area contributed by atoms with E-state index in [-0.39, 0.29) is 23.7 Å². The number of rotatable bonds is 6. The van der Waals surface area contributed by atoms with E-state index in [1.807, 2.05) is 27.8 Å². The first-order chi connectivity index (χ1) is 18.7. The Labute approximate surface area is 226 Å². The molecule has 2 amide bonds. The van der Waals surface area contributed by atoms with Crippen molar-refractivity contribution in [2.45, 2.75) is 32.2 Å². The number of methoxy groups -OCH3 is 1. The molecule has 0 unspecified atom stereocenters. The van der Waals surface area contributed by atoms with Crippen LogP contribution in [-0.2, 0) is 31.1 Å². The second-order valence-electron chi connectivity index (χ2n) is 10.5. The van der Waals surface area contributed by atoms with Crippen LogP contribution in [-0.4, -0.2) is 47.5 Å². The van der Waals surface area contributed by atoms with Gasteiger partial charge >= 0.3 is 5.97 Å². The van der Waals surface area contributed by atoms with Crippen molar-refractivity contribution in [3.8, 4) is 6.07 Å². The molecule has 0 saturated carbocycles. The van der Waals surface area contributed by atoms with E-state index < -0.39 is 11.9 Å². The Morgan fingerprint density at radius 1 is 1.23 bits per heavy atom. The second kappa shape index (κ2) is 10.2. The van der Waals surface area contributed by atoms with Crippen LogP contribution in [0.25, 0.3) is 6.08 Å². The highest BCUT2D eigenvalue weighted by molar-refractivity contribution is 6.05. The first-order valence-corrected chi connectivity index (χ1v) is 12.7. The van der Waals surface area contributed by atoms with Crippen LogP contribution in [0.3, 0.4) is 0 Å². The first kappa shape index (κ1) is 25.9. The third-order valence-corrected chi connectivity index (χ3v) is 7.33. The van der Waals surface area contributed by atoms with Gasteiger partial charge in [0.25, 0.3) is 0 Å². The van der Waals surface area contributed by atoms with Crippen LogP contribution >= 0.6 is 0 Å². The zero-order chi connectivity index (χ0) is 27.7. The number of nitrogens with zero attached hydrogens (tertiary/aromatic N) is 5. The van der Waals surface area contributed by atoms with Gasteiger partial charge in [-0.05, 0) is 41.5 Å². The van der Waals surface area contributed by atoms with E-state index in [0.29, 0.717) is 36.7 Å². The normalized spacial score (nSPS) is 17.9. The number of hydrogen-bond acceptors (Lipinski definition) is 6. The van der Waals surface area contributed by atoms with Crippen LogP contribution in [0.15, 0.2) is 60.9 Å². The number of imidazole rings is 1. The monoisotopic (exact) mass is 523 g/mol. The van der Waals surface area contributed by atoms with Crippen molar-refractivity contribution >= 4 is 35.2 Å². The van der Waals surface area contributed by atoms with Gasteiger partial charge in [0.05, 0.1) is 24.7 Å². The van der Waals surface area contributed by atoms with Crippen molar-refractivity contribution in [3.05, 3.63) is 83.4 Å². The highest BCUT2D eigenvalue weighted by Gasteiger charge is 2.43. The van der Waals surface area contributed by atoms with Gasteiger partial charge in [0.1, 0.15) is 5.82 Å². The molecule has 1 fully saturated rings. The van der Waals surface area contributed by atoms with Gasteiger partial charge in [-0.15, -0.1) is 0 Å². The Bertz CT molecular complexity index is 1530. The number of carbonyl (C=O) groups excluding carboxylic acids is 3. The van der Waals surface area contributed by atoms with E-state index in [4.69, 9.17) is 0 Å². The van der Waals surface area contributed by atoms with Gasteiger partial charge in [-0.25, -0.2) is 9.78 Å². The number of hydrogen-bond donors (Lipinski definition) is 0. The summed E-state index contributed by atoms with van der Waals surface area (Å²) in [5.74, 6) is -0.453. The predicted molar refractivity (Wildman–Crippen MR) is 146 cm³/mol. The number of aromatic nitrogens is 2. The molecule has 0 bridgehead atoms. The molecular formula is C30H29N5O4. The van der Waals surface area contributed by atoms with E-state index in [1.54, 1.807) is 41.4 Å². The van der Waals surface area contributed by atoms with Gasteiger partial charge in [0, 0.05) is 61.3 Å². The van der Waals surface area contributed by atoms with Crippen LogP contribution in [0.1, 0.15) is 42.8 Å². The number of nitriles is 1. The third kappa shape index (κ3) is 5.06. The van der Waals surface area contributed by atoms with E-state index in [0.717, 1.165) is 16.8 Å². The summed E-state index contributed by atoms with van der Waals surface area (Å²) in [6.07, 6.45) is 6.62. The van der Waals surface area contributed by atoms with Crippen molar-refractivity contribution in [1.82, 2.24) is 9.55 Å². The number of anilines is 2. The Morgan fingerprint density at radius 3 is 2.82 bits per heavy atom. The molecule has 1 aromatic heterocycles. The Balaban J connectivity index is 1.35. The summed E-state index contributed by atoms with van der Waals surface area (Å²) in [6.45, 7) is 5.59. The molecule has 39 heavy (non-hydrogen) atoms. The van der Waals surface area contributed by atoms with Crippen LogP contribution in [0.2, 0.25) is 0 Å². The number of ether oxygens (including phenoxy) is 1. The number of amides is 2. The van der Waals surface area contributed by atoms with Gasteiger partial charge in [-0.2, -0.15) is 5.26 Å². The molecule has 9 nitrogen and oxygen atoms in total. The summed E-state index contributed by atoms with van der Waals surface area (Å²) < 4.78 is 6.60. The van der Waals surface area contributed by atoms with E-state index in [1.165, 1.54) is 13.2 Å². The molecule has 1 saturated heterocycles. The average Bonchev–Trinajstić information content (AvgIpc) is 3.62. The lowest BCUT2D eigenvalue weighted by Crippen LogP contribution is -2.39. The standard InChI is InChI=1S/C30H29N5O4/c1-30(2)19-35(29(38)22-15-27(36)34(18-22)23-6-4-5-20(13-23)16-31)25-8-7-21(14-24(25)30)17-33-12-11-32-26(33)9-10-28(37)39-3/h4-14,22H,15,17-19H2,1-3H3/t22-/m0/s1. The van der Waals surface area contributed by atoms with E-state index >= 15 is 0 Å². The molecule has 5 rings (SSSR count). The maximum atomic E-state index is 13.7. The molecule has 3 aromatic rings. The van der Waals surface area contributed by atoms with Gasteiger partial charge < -0.3 is 19.1 Å². The van der Waals surface area contributed by atoms with Crippen molar-refractivity contribution < 1.29 is 19.1 Å². The molecule has 3 heterocycles. The molecular weight excluding hydrogens is 494 g/mol. The van der Waals surface area contributed by atoms with Gasteiger partial charge in [0.15, 0.2) is 0 Å². The molecule has 0 radical (unpaired) electrons. The van der Waals surface area contributed by atoms with Crippen LogP contribution in [0.5, 0.6) is 0 Å². The topological polar surface area (TPSA) is 109 Å². The predicted octanol–water partition coefficient (Wildman–Crippen LogP) is 3.67. The molecule has 2 aromatic carbocycles. The number of esters is 1. The van der Waals surface area contributed by atoms with Crippen molar-refractivity contribution in [1.29, 1.82) is 5.26 Å². The Hall–Kier alpha value is -4.71. The maximum absolute atomic E-state index is 13.7. The molecule has 1 atom stereocenters. The summed E-state index contributed by atoms with van der Waals surface area (Å²) in [5.41, 5.74) is 3.82. The largest absolute Gasteiger partial charge is 0.466 e. The smallest absolute Gasteiger partial charge is 0.330 e. The molecule has 198 valence electrons. The first-order valence-electron chi connectivity index (χ1n) is 12.7. The average molecular weight is 524 g/mol. The summed E-state index contributed by atoms with van der Waals surface area (Å²) >= 11 is 0. The molecule has 9 heteroatoms. The van der Waals surface area contributed by atoms with Gasteiger partial charge in [-0.3, -0.25) is 9.59 Å². The van der Waals surface area contributed by atoms with Gasteiger partial charge in [-0.1, -0.05) is 32.0 Å². The fraction of sp³-hybridized carbons (Fsp3) is 0.300. The van der Waals surface area contributed by atoms with Crippen LogP contribution in [0.4, 0.5) is 11.4 Å². The SMILES string of the molecule is COC(=O)C=Cc1nccn1Cc1ccc2c(c1)C(C)(C)CN2C(=O)[C@H]1CC(=O)N(c2cccc(C#N)c2)C1. The minimum atomic E-state index is -0.459. The lowest BCUT2D eigenvalue weighted by atomic mass is 9.86. The number of fused-ring (bicyclic) bond motifs is 1. The minimum absolute atomic E-state index is 0.0632. The second-order valence-corrected chi connectivity index (χ2v) is 10.5. The number of carbonyl (C=O) groups is 3. The summed E-state index contributed by atoms with van der Waals surface area (Å²) in [6, 6.07) is 15.1. The lowest BCUT2D eigenvalue weighted by molar-refractivity contribution is -0.134. The highest BCUT2D eigenvalue weighted by Crippen LogP contribution is 2.42. The molecule has 0 N–H and O–H groups in total. The zero-order valence-electron chi connectivity index (χ0n) is 22.1. The van der Waals surface area contributed by atoms with Crippen LogP contribution < -0.4 is 9.80 Å². The number of benzene rings is 2. The molecule has 0 aliphatic carbocycles. The zero-order valence-corrected chi connectivity index (χ0v) is 22.1. The van der Waals surface area contributed by atoms with Crippen molar-refractivity contribution in [2.75, 3.05) is 30.0 Å². The van der Waals surface area contributed by atoms with Crippen LogP contribution in [0, 0.1) is 17.2 Å². The minimum Gasteiger partial charge on any atom is -0.466 e. The quantitative estimate of drug-likeness (QED) is 0.360. The third-order valence-electron chi connectivity index (χ3n) is 7.33. The maximum Gasteiger partial charge on any atom is 0.330 e. The van der Waals surface area contributed by atoms with Gasteiger partial charge in [0.2, 0.25) is 11.8 Å². The van der Waals surface area contributed by atoms with E-state index in [2.05, 4.69) is 35.7 Å². The fourth-order valence-corrected chi connectivity index (χ4v) is 5.33. The lowest BCUT2D eigenvalue weighted by Gasteiger charge is -2.23. The molecule has 2 aliphatic heterocycles. The molecule has 2 aliphatic rings. The Morgan fingerprint density at radius 2 is 2.05 bits per heavy atom. The summed E-state index contributed by atoms with van der Waals surface area (Å²) in [7, 11) is 1.33. The van der Waals surface area contributed by atoms with Crippen molar-refractivity contribution in [2.24, 2.45) is 5.92 Å². The summed E-state index contributed by atoms with van der Waals surface area (Å²) in [5, 5.41) is 9.22.